The van der Waals surface area contributed by atoms with Gasteiger partial charge in [-0.2, -0.15) is 11.8 Å². The molecule has 30 heteroatoms. The van der Waals surface area contributed by atoms with Gasteiger partial charge >= 0.3 is 5.97 Å². The number of primary amides is 2. The van der Waals surface area contributed by atoms with Crippen LogP contribution < -0.4 is 64.6 Å². The zero-order valence-corrected chi connectivity index (χ0v) is 48.5. The molecule has 12 amide bonds. The Bertz CT molecular complexity index is 2650. The summed E-state index contributed by atoms with van der Waals surface area (Å²) >= 11 is 2.17. The molecule has 0 spiro atoms. The summed E-state index contributed by atoms with van der Waals surface area (Å²) in [5, 5.41) is 54.3. The first kappa shape index (κ1) is 69.1. The molecule has 2 aromatic rings. The molecule has 3 rings (SSSR count). The predicted molar refractivity (Wildman–Crippen MR) is 304 cm³/mol. The maximum Gasteiger partial charge on any atom is 0.303 e. The van der Waals surface area contributed by atoms with Crippen LogP contribution in [0.25, 0.3) is 0 Å². The number of hydrogen-bond acceptors (Lipinski definition) is 17. The van der Waals surface area contributed by atoms with Crippen LogP contribution in [0, 0.1) is 11.8 Å². The van der Waals surface area contributed by atoms with Gasteiger partial charge in [-0.05, 0) is 85.4 Å². The van der Waals surface area contributed by atoms with Crippen LogP contribution in [0.2, 0.25) is 0 Å². The highest BCUT2D eigenvalue weighted by molar-refractivity contribution is 8.00. The normalized spacial score (nSPS) is 24.0. The second kappa shape index (κ2) is 34.3. The first-order valence-corrected chi connectivity index (χ1v) is 29.0. The molecule has 0 unspecified atom stereocenters. The number of amides is 12. The van der Waals surface area contributed by atoms with E-state index in [9.17, 15) is 77.6 Å². The van der Waals surface area contributed by atoms with Crippen LogP contribution in [0.5, 0.6) is 11.5 Å². The van der Waals surface area contributed by atoms with Gasteiger partial charge < -0.3 is 80.0 Å². The number of hydrogen-bond donors (Lipinski definition) is 15. The fourth-order valence-corrected chi connectivity index (χ4v) is 9.43. The van der Waals surface area contributed by atoms with Crippen molar-refractivity contribution in [2.45, 2.75) is 134 Å². The number of nitrogens with two attached hydrogens (primary N) is 2. The molecule has 0 aromatic heterocycles. The van der Waals surface area contributed by atoms with Gasteiger partial charge in [-0.1, -0.05) is 52.0 Å². The minimum Gasteiger partial charge on any atom is -0.508 e. The highest BCUT2D eigenvalue weighted by atomic mass is 32.2. The van der Waals surface area contributed by atoms with Crippen molar-refractivity contribution in [1.82, 2.24) is 53.2 Å². The second-order valence-corrected chi connectivity index (χ2v) is 22.4. The van der Waals surface area contributed by atoms with Gasteiger partial charge in [0.05, 0.1) is 18.7 Å². The molecule has 9 atom stereocenters. The summed E-state index contributed by atoms with van der Waals surface area (Å²) in [5.41, 5.74) is 12.0. The molecule has 1 aliphatic rings. The molecule has 0 saturated carbocycles. The SMILES string of the molecule is CSCC[C@H]1NC(=O)CNC(=O)[C@@H](C(C)C)NC(=O)[C@@H](CC(N)=O)NC(=O)[C@@H](CCC(=O)O)NC(=O)[C@@H](Cc2ccc(O)cc2)NC(=O)[C@@H](CC(C)C)NC(=O)[C@@H](C)NC(=O)CSC[C@H](C(N)=O)NC(=O)[C@@H](Cc2ccc(O)cc2)NC1=O. The molecule has 83 heavy (non-hydrogen) atoms. The number of thioether (sulfide) groups is 2. The summed E-state index contributed by atoms with van der Waals surface area (Å²) in [6.45, 7) is 7.06. The summed E-state index contributed by atoms with van der Waals surface area (Å²) in [7, 11) is 0. The summed E-state index contributed by atoms with van der Waals surface area (Å²) < 4.78 is 0. The number of phenols is 2. The highest BCUT2D eigenvalue weighted by Crippen LogP contribution is 2.16. The Morgan fingerprint density at radius 3 is 1.55 bits per heavy atom. The Labute approximate surface area is 487 Å². The van der Waals surface area contributed by atoms with E-state index in [4.69, 9.17) is 11.5 Å². The number of rotatable bonds is 16. The molecule has 1 heterocycles. The molecule has 0 bridgehead atoms. The van der Waals surface area contributed by atoms with Crippen LogP contribution in [0.4, 0.5) is 0 Å². The van der Waals surface area contributed by atoms with Gasteiger partial charge in [-0.25, -0.2) is 0 Å². The molecule has 28 nitrogen and oxygen atoms in total. The number of aliphatic carboxylic acids is 1. The topological polar surface area (TPSA) is 455 Å². The quantitative estimate of drug-likeness (QED) is 0.0787. The maximum absolute atomic E-state index is 14.3. The number of phenolic OH excluding ortho intramolecular Hbond substituents is 2. The van der Waals surface area contributed by atoms with E-state index >= 15 is 0 Å². The Hall–Kier alpha value is -8.15. The Kier molecular flexibility index (Phi) is 28.6. The number of carboxylic acids is 1. The first-order valence-electron chi connectivity index (χ1n) is 26.5. The second-order valence-electron chi connectivity index (χ2n) is 20.4. The van der Waals surface area contributed by atoms with Crippen LogP contribution in [-0.2, 0) is 75.2 Å². The molecule has 1 saturated heterocycles. The lowest BCUT2D eigenvalue weighted by Crippen LogP contribution is -2.61. The third-order valence-electron chi connectivity index (χ3n) is 12.6. The molecule has 1 aliphatic heterocycles. The van der Waals surface area contributed by atoms with Crippen LogP contribution in [0.1, 0.15) is 77.8 Å². The average molecular weight is 1200 g/mol. The van der Waals surface area contributed by atoms with E-state index in [0.29, 0.717) is 16.9 Å². The number of carboxylic acid groups (broad SMARTS) is 1. The van der Waals surface area contributed by atoms with E-state index in [0.717, 1.165) is 11.8 Å². The number of carbonyl (C=O) groups excluding carboxylic acids is 12. The summed E-state index contributed by atoms with van der Waals surface area (Å²) in [4.78, 5) is 176. The van der Waals surface area contributed by atoms with E-state index < -0.39 is 163 Å². The van der Waals surface area contributed by atoms with Crippen molar-refractivity contribution < 1.29 is 77.6 Å². The molecule has 1 fully saturated rings. The minimum absolute atomic E-state index is 0.00947. The highest BCUT2D eigenvalue weighted by Gasteiger charge is 2.36. The largest absolute Gasteiger partial charge is 0.508 e. The summed E-state index contributed by atoms with van der Waals surface area (Å²) in [5.74, 6) is -14.6. The van der Waals surface area contributed by atoms with E-state index in [1.165, 1.54) is 81.1 Å². The van der Waals surface area contributed by atoms with E-state index in [2.05, 4.69) is 53.2 Å². The molecule has 0 aliphatic carbocycles. The first-order chi connectivity index (χ1) is 39.1. The number of aromatic hydroxyl groups is 2. The third kappa shape index (κ3) is 24.9. The monoisotopic (exact) mass is 1200 g/mol. The van der Waals surface area contributed by atoms with Crippen molar-refractivity contribution in [2.75, 3.05) is 30.1 Å². The Balaban J connectivity index is 2.12. The minimum atomic E-state index is -1.85. The predicted octanol–water partition coefficient (Wildman–Crippen LogP) is -3.19. The van der Waals surface area contributed by atoms with Crippen molar-refractivity contribution in [3.05, 3.63) is 59.7 Å². The number of benzene rings is 2. The smallest absolute Gasteiger partial charge is 0.303 e. The van der Waals surface area contributed by atoms with E-state index in [-0.39, 0.29) is 54.6 Å². The van der Waals surface area contributed by atoms with Crippen molar-refractivity contribution in [2.24, 2.45) is 23.3 Å². The number of nitrogens with one attached hydrogen (secondary N) is 10. The molecule has 2 aromatic carbocycles. The average Bonchev–Trinajstić information content (AvgIpc) is 3.46. The number of carbonyl (C=O) groups is 13. The lowest BCUT2D eigenvalue weighted by Gasteiger charge is -2.28. The third-order valence-corrected chi connectivity index (χ3v) is 14.2. The maximum atomic E-state index is 14.3. The van der Waals surface area contributed by atoms with Gasteiger partial charge in [-0.3, -0.25) is 62.3 Å². The van der Waals surface area contributed by atoms with Crippen molar-refractivity contribution in [1.29, 1.82) is 0 Å². The van der Waals surface area contributed by atoms with Gasteiger partial charge in [0, 0.05) is 25.0 Å². The van der Waals surface area contributed by atoms with Crippen molar-refractivity contribution in [3.8, 4) is 11.5 Å². The Morgan fingerprint density at radius 2 is 1.06 bits per heavy atom. The van der Waals surface area contributed by atoms with Gasteiger partial charge in [0.1, 0.15) is 65.9 Å². The van der Waals surface area contributed by atoms with E-state index in [1.54, 1.807) is 20.1 Å². The van der Waals surface area contributed by atoms with Crippen molar-refractivity contribution in [3.63, 3.8) is 0 Å². The van der Waals surface area contributed by atoms with Crippen molar-refractivity contribution >= 4 is 100 Å². The van der Waals surface area contributed by atoms with Crippen LogP contribution in [0.15, 0.2) is 48.5 Å². The lowest BCUT2D eigenvalue weighted by atomic mass is 10.00. The van der Waals surface area contributed by atoms with Gasteiger partial charge in [0.2, 0.25) is 70.9 Å². The molecule has 0 radical (unpaired) electrons. The summed E-state index contributed by atoms with van der Waals surface area (Å²) in [6.07, 6.45) is -0.989. The van der Waals surface area contributed by atoms with Crippen LogP contribution in [-0.4, -0.2) is 177 Å². The summed E-state index contributed by atoms with van der Waals surface area (Å²) in [6, 6.07) is -2.40. The van der Waals surface area contributed by atoms with Gasteiger partial charge in [-0.15, -0.1) is 11.8 Å². The molecular formula is C53H76N12O16S2. The van der Waals surface area contributed by atoms with E-state index in [1.807, 2.05) is 0 Å². The van der Waals surface area contributed by atoms with Gasteiger partial charge in [0.25, 0.3) is 0 Å². The molecular weight excluding hydrogens is 1120 g/mol. The lowest BCUT2D eigenvalue weighted by molar-refractivity contribution is -0.139. The molecule has 17 N–H and O–H groups in total. The fourth-order valence-electron chi connectivity index (χ4n) is 8.09. The zero-order chi connectivity index (χ0) is 62.1. The van der Waals surface area contributed by atoms with Crippen LogP contribution in [0.3, 0.4) is 0 Å². The standard InChI is InChI=1S/C53H76N12O16S2/c1-26(2)19-35-49(77)62-36(20-29-7-11-31(66)12-8-29)50(78)59-33(15-16-43(71)72)47(75)63-38(22-40(54)68)52(80)65-44(27(3)4)53(81)56-23-41(69)58-34(17-18-82-6)48(76)61-37(21-30-9-13-32(67)14-10-30)51(79)64-39(45(55)73)24-83-25-42(70)57-28(5)46(74)60-35/h7-14,26-28,33-39,44,66-67H,15-25H2,1-6H3,(H2,54,68)(H2,55,73)(H,56,81)(H,57,70)(H,58,69)(H,59,78)(H,60,74)(H,61,76)(H,62,77)(H,63,75)(H,64,79)(H,65,80)(H,71,72)/t28-,33-,34-,35-,36-,37-,38-,39-,44-/m1/s1. The van der Waals surface area contributed by atoms with Gasteiger partial charge in [0.15, 0.2) is 0 Å². The zero-order valence-electron chi connectivity index (χ0n) is 46.9. The van der Waals surface area contributed by atoms with Crippen LogP contribution >= 0.6 is 23.5 Å². The fraction of sp³-hybridized carbons (Fsp3) is 0.528. The molecule has 456 valence electrons. The Morgan fingerprint density at radius 1 is 0.590 bits per heavy atom.